The molecule has 0 spiro atoms. The minimum atomic E-state index is -0.409. The number of rotatable bonds is 9. The van der Waals surface area contributed by atoms with E-state index in [4.69, 9.17) is 21.1 Å². The van der Waals surface area contributed by atoms with Crippen molar-refractivity contribution < 1.29 is 19.1 Å². The number of ether oxygens (including phenoxy) is 2. The maximum atomic E-state index is 12.7. The zero-order valence-corrected chi connectivity index (χ0v) is 21.5. The molecule has 0 atom stereocenters. The number of benzene rings is 1. The summed E-state index contributed by atoms with van der Waals surface area (Å²) in [5, 5.41) is 13.2. The first-order valence-electron chi connectivity index (χ1n) is 10.9. The van der Waals surface area contributed by atoms with Crippen molar-refractivity contribution in [2.24, 2.45) is 0 Å². The van der Waals surface area contributed by atoms with Gasteiger partial charge in [-0.2, -0.15) is 0 Å². The fourth-order valence-corrected chi connectivity index (χ4v) is 6.21. The van der Waals surface area contributed by atoms with E-state index in [0.717, 1.165) is 41.0 Å². The lowest BCUT2D eigenvalue weighted by Crippen LogP contribution is -2.17. The number of hydrogen-bond acceptors (Lipinski definition) is 8. The van der Waals surface area contributed by atoms with E-state index in [9.17, 15) is 9.59 Å². The second-order valence-corrected chi connectivity index (χ2v) is 10.2. The van der Waals surface area contributed by atoms with Crippen LogP contribution in [-0.4, -0.2) is 39.5 Å². The van der Waals surface area contributed by atoms with E-state index in [1.54, 1.807) is 6.07 Å². The molecule has 11 heteroatoms. The lowest BCUT2D eigenvalue weighted by molar-refractivity contribution is -0.113. The Morgan fingerprint density at radius 1 is 1.29 bits per heavy atom. The topological polar surface area (TPSA) is 95.3 Å². The molecule has 0 unspecified atom stereocenters. The van der Waals surface area contributed by atoms with Gasteiger partial charge in [0.2, 0.25) is 5.91 Å². The third kappa shape index (κ3) is 5.24. The number of aryl methyl sites for hydroxylation is 2. The highest BCUT2D eigenvalue weighted by Crippen LogP contribution is 2.39. The molecule has 0 aliphatic heterocycles. The Hall–Kier alpha value is -2.56. The van der Waals surface area contributed by atoms with E-state index in [2.05, 4.69) is 15.5 Å². The number of nitrogens with one attached hydrogen (secondary N) is 1. The van der Waals surface area contributed by atoms with E-state index >= 15 is 0 Å². The number of amides is 1. The predicted molar refractivity (Wildman–Crippen MR) is 133 cm³/mol. The van der Waals surface area contributed by atoms with Gasteiger partial charge in [-0.15, -0.1) is 21.5 Å². The van der Waals surface area contributed by atoms with E-state index in [-0.39, 0.29) is 18.3 Å². The quantitative estimate of drug-likeness (QED) is 0.316. The monoisotopic (exact) mass is 520 g/mol. The number of hydrogen-bond donors (Lipinski definition) is 1. The smallest absolute Gasteiger partial charge is 0.341 e. The molecular formula is C23H25ClN4O4S2. The summed E-state index contributed by atoms with van der Waals surface area (Å²) >= 11 is 8.76. The van der Waals surface area contributed by atoms with Gasteiger partial charge in [-0.3, -0.25) is 4.79 Å². The largest absolute Gasteiger partial charge is 0.485 e. The van der Waals surface area contributed by atoms with Crippen LogP contribution < -0.4 is 10.1 Å². The fraction of sp³-hybridized carbons (Fsp3) is 0.391. The van der Waals surface area contributed by atoms with Crippen molar-refractivity contribution in [2.45, 2.75) is 51.4 Å². The predicted octanol–water partition coefficient (Wildman–Crippen LogP) is 4.91. The van der Waals surface area contributed by atoms with Gasteiger partial charge in [-0.05, 0) is 62.4 Å². The van der Waals surface area contributed by atoms with Gasteiger partial charge in [0.25, 0.3) is 0 Å². The molecule has 1 aromatic carbocycles. The number of anilines is 1. The number of fused-ring (bicyclic) bond motifs is 1. The molecule has 4 rings (SSSR count). The third-order valence-electron chi connectivity index (χ3n) is 5.50. The molecule has 1 aliphatic carbocycles. The zero-order chi connectivity index (χ0) is 24.2. The number of thiophene rings is 1. The highest BCUT2D eigenvalue weighted by Gasteiger charge is 2.28. The number of aromatic nitrogens is 3. The molecule has 2 aromatic heterocycles. The Morgan fingerprint density at radius 2 is 2.12 bits per heavy atom. The number of carbonyl (C=O) groups excluding carboxylic acids is 2. The first-order valence-corrected chi connectivity index (χ1v) is 13.1. The maximum absolute atomic E-state index is 12.7. The number of carbonyl (C=O) groups is 2. The van der Waals surface area contributed by atoms with Crippen LogP contribution in [0.2, 0.25) is 5.02 Å². The summed E-state index contributed by atoms with van der Waals surface area (Å²) in [4.78, 5) is 26.1. The van der Waals surface area contributed by atoms with Gasteiger partial charge in [0.1, 0.15) is 17.4 Å². The van der Waals surface area contributed by atoms with Crippen molar-refractivity contribution in [1.29, 1.82) is 0 Å². The number of esters is 1. The van der Waals surface area contributed by atoms with Crippen LogP contribution in [0, 0.1) is 6.92 Å². The Morgan fingerprint density at radius 3 is 2.85 bits per heavy atom. The standard InChI is InChI=1S/C23H25ClN4O4S2/c1-4-28-18(11-32-16-9-8-14(24)10-13(16)2)26-27-23(28)33-12-19(29)25-21-20(22(30)31-3)15-6-5-7-17(15)34-21/h8-10H,4-7,11-12H2,1-3H3,(H,25,29). The van der Waals surface area contributed by atoms with Gasteiger partial charge in [0.15, 0.2) is 11.0 Å². The van der Waals surface area contributed by atoms with Gasteiger partial charge >= 0.3 is 5.97 Å². The lowest BCUT2D eigenvalue weighted by Gasteiger charge is -2.11. The van der Waals surface area contributed by atoms with Crippen LogP contribution in [-0.2, 0) is 35.5 Å². The van der Waals surface area contributed by atoms with Gasteiger partial charge in [-0.1, -0.05) is 23.4 Å². The number of methoxy groups -OCH3 is 1. The van der Waals surface area contributed by atoms with Gasteiger partial charge < -0.3 is 19.4 Å². The number of thioether (sulfide) groups is 1. The Bertz CT molecular complexity index is 1220. The van der Waals surface area contributed by atoms with Crippen LogP contribution in [0.15, 0.2) is 23.4 Å². The van der Waals surface area contributed by atoms with Crippen LogP contribution >= 0.6 is 34.7 Å². The Labute approximate surface area is 211 Å². The zero-order valence-electron chi connectivity index (χ0n) is 19.1. The Balaban J connectivity index is 1.39. The SMILES string of the molecule is CCn1c(COc2ccc(Cl)cc2C)nnc1SCC(=O)Nc1sc2c(c1C(=O)OC)CCC2. The van der Waals surface area contributed by atoms with Crippen molar-refractivity contribution in [1.82, 2.24) is 14.8 Å². The van der Waals surface area contributed by atoms with Crippen molar-refractivity contribution in [2.75, 3.05) is 18.2 Å². The molecule has 0 saturated heterocycles. The van der Waals surface area contributed by atoms with E-state index < -0.39 is 5.97 Å². The minimum absolute atomic E-state index is 0.137. The van der Waals surface area contributed by atoms with Gasteiger partial charge in [0, 0.05) is 16.4 Å². The molecule has 0 radical (unpaired) electrons. The summed E-state index contributed by atoms with van der Waals surface area (Å²) in [6.45, 7) is 4.80. The molecular weight excluding hydrogens is 496 g/mol. The molecule has 8 nitrogen and oxygen atoms in total. The van der Waals surface area contributed by atoms with Crippen LogP contribution in [0.4, 0.5) is 5.00 Å². The number of nitrogens with zero attached hydrogens (tertiary/aromatic N) is 3. The van der Waals surface area contributed by atoms with Gasteiger partial charge in [0.05, 0.1) is 18.4 Å². The highest BCUT2D eigenvalue weighted by molar-refractivity contribution is 7.99. The highest BCUT2D eigenvalue weighted by atomic mass is 35.5. The minimum Gasteiger partial charge on any atom is -0.485 e. The second-order valence-electron chi connectivity index (χ2n) is 7.73. The molecule has 3 aromatic rings. The van der Waals surface area contributed by atoms with Crippen molar-refractivity contribution >= 4 is 51.6 Å². The molecule has 1 aliphatic rings. The summed E-state index contributed by atoms with van der Waals surface area (Å²) in [7, 11) is 1.36. The summed E-state index contributed by atoms with van der Waals surface area (Å²) in [6.07, 6.45) is 2.78. The average molecular weight is 521 g/mol. The van der Waals surface area contributed by atoms with E-state index in [1.807, 2.05) is 30.5 Å². The molecule has 34 heavy (non-hydrogen) atoms. The molecule has 0 saturated carbocycles. The van der Waals surface area contributed by atoms with Crippen LogP contribution in [0.1, 0.15) is 45.5 Å². The summed E-state index contributed by atoms with van der Waals surface area (Å²) in [6, 6.07) is 5.45. The summed E-state index contributed by atoms with van der Waals surface area (Å²) < 4.78 is 12.8. The lowest BCUT2D eigenvalue weighted by atomic mass is 10.1. The van der Waals surface area contributed by atoms with Crippen LogP contribution in [0.25, 0.3) is 0 Å². The van der Waals surface area contributed by atoms with Gasteiger partial charge in [-0.25, -0.2) is 4.79 Å². The van der Waals surface area contributed by atoms with E-state index in [0.29, 0.717) is 33.1 Å². The second kappa shape index (κ2) is 10.8. The number of halogens is 1. The first kappa shape index (κ1) is 24.6. The van der Waals surface area contributed by atoms with Crippen LogP contribution in [0.3, 0.4) is 0 Å². The molecule has 1 amide bonds. The molecule has 2 heterocycles. The van der Waals surface area contributed by atoms with Crippen molar-refractivity contribution in [3.8, 4) is 5.75 Å². The normalized spacial score (nSPS) is 12.5. The maximum Gasteiger partial charge on any atom is 0.341 e. The first-order chi connectivity index (χ1) is 16.4. The fourth-order valence-electron chi connectivity index (χ4n) is 3.87. The van der Waals surface area contributed by atoms with Crippen molar-refractivity contribution in [3.63, 3.8) is 0 Å². The molecule has 0 fully saturated rings. The summed E-state index contributed by atoms with van der Waals surface area (Å²) in [5.41, 5.74) is 2.44. The van der Waals surface area contributed by atoms with Crippen molar-refractivity contribution in [3.05, 3.63) is 50.6 Å². The van der Waals surface area contributed by atoms with E-state index in [1.165, 1.54) is 30.2 Å². The molecule has 1 N–H and O–H groups in total. The third-order valence-corrected chi connectivity index (χ3v) is 7.91. The molecule has 0 bridgehead atoms. The Kier molecular flexibility index (Phi) is 7.80. The summed E-state index contributed by atoms with van der Waals surface area (Å²) in [5.74, 6) is 0.914. The van der Waals surface area contributed by atoms with Crippen LogP contribution in [0.5, 0.6) is 5.75 Å². The average Bonchev–Trinajstić information content (AvgIpc) is 3.50. The molecule has 180 valence electrons.